The highest BCUT2D eigenvalue weighted by atomic mass is 35.5. The van der Waals surface area contributed by atoms with Crippen LogP contribution < -0.4 is 10.6 Å². The van der Waals surface area contributed by atoms with Gasteiger partial charge in [0.2, 0.25) is 0 Å². The first-order chi connectivity index (χ1) is 18.3. The van der Waals surface area contributed by atoms with Crippen LogP contribution in [0.15, 0.2) is 71.4 Å². The van der Waals surface area contributed by atoms with Gasteiger partial charge in [-0.15, -0.1) is 22.7 Å². The third-order valence-electron chi connectivity index (χ3n) is 5.27. The maximum Gasteiger partial charge on any atom is 0.257 e. The van der Waals surface area contributed by atoms with Gasteiger partial charge in [-0.1, -0.05) is 64.6 Å². The van der Waals surface area contributed by atoms with Gasteiger partial charge in [0.1, 0.15) is 0 Å². The summed E-state index contributed by atoms with van der Waals surface area (Å²) in [6.45, 7) is 0. The summed E-state index contributed by atoms with van der Waals surface area (Å²) in [7, 11) is 0. The van der Waals surface area contributed by atoms with Crippen molar-refractivity contribution in [3.05, 3.63) is 103 Å². The second kappa shape index (κ2) is 11.4. The molecule has 5 rings (SSSR count). The van der Waals surface area contributed by atoms with E-state index in [4.69, 9.17) is 46.4 Å². The summed E-state index contributed by atoms with van der Waals surface area (Å²) in [5.74, 6) is -0.795. The van der Waals surface area contributed by atoms with Crippen LogP contribution in [-0.2, 0) is 0 Å². The van der Waals surface area contributed by atoms with Crippen molar-refractivity contribution >= 4 is 91.2 Å². The molecule has 0 fully saturated rings. The van der Waals surface area contributed by atoms with Crippen LogP contribution in [0.5, 0.6) is 0 Å². The van der Waals surface area contributed by atoms with Crippen LogP contribution in [0.4, 0.5) is 10.3 Å². The molecule has 6 nitrogen and oxygen atoms in total. The number of hydrogen-bond acceptors (Lipinski definition) is 6. The Labute approximate surface area is 245 Å². The molecule has 2 amide bonds. The number of rotatable bonds is 6. The summed E-state index contributed by atoms with van der Waals surface area (Å²) < 4.78 is 0. The largest absolute Gasteiger partial charge is 0.298 e. The van der Waals surface area contributed by atoms with Crippen LogP contribution in [0.2, 0.25) is 20.1 Å². The van der Waals surface area contributed by atoms with Crippen LogP contribution >= 0.6 is 69.1 Å². The number of carbonyl (C=O) groups excluding carboxylic acids is 2. The third kappa shape index (κ3) is 6.02. The Balaban J connectivity index is 1.26. The van der Waals surface area contributed by atoms with Gasteiger partial charge in [0.05, 0.1) is 31.5 Å². The van der Waals surface area contributed by atoms with Gasteiger partial charge in [0, 0.05) is 33.0 Å². The third-order valence-corrected chi connectivity index (χ3v) is 8.26. The lowest BCUT2D eigenvalue weighted by Crippen LogP contribution is -2.15. The number of amides is 2. The molecule has 0 aliphatic carbocycles. The maximum absolute atomic E-state index is 12.9. The maximum atomic E-state index is 12.9. The summed E-state index contributed by atoms with van der Waals surface area (Å²) in [6, 6.07) is 16.8. The normalized spacial score (nSPS) is 10.8. The van der Waals surface area contributed by atoms with E-state index in [1.54, 1.807) is 65.4 Å². The molecule has 0 unspecified atom stereocenters. The SMILES string of the molecule is O=C(Nc1nc(-c2ccc(Cl)c(Cl)c2)cs1)c1cccc(C(=O)Nc2nc(-c3ccc(Cl)c(Cl)c3)cs2)c1. The lowest BCUT2D eigenvalue weighted by Gasteiger charge is -2.05. The van der Waals surface area contributed by atoms with E-state index in [1.165, 1.54) is 28.7 Å². The second-order valence-corrected chi connectivity index (χ2v) is 11.2. The first kappa shape index (κ1) is 26.6. The molecule has 0 radical (unpaired) electrons. The van der Waals surface area contributed by atoms with Gasteiger partial charge in [-0.05, 0) is 42.5 Å². The zero-order chi connectivity index (χ0) is 26.8. The molecule has 0 saturated heterocycles. The monoisotopic (exact) mass is 618 g/mol. The van der Waals surface area contributed by atoms with Gasteiger partial charge in [0.15, 0.2) is 10.3 Å². The average Bonchev–Trinajstić information content (AvgIpc) is 3.57. The minimum Gasteiger partial charge on any atom is -0.298 e. The highest BCUT2D eigenvalue weighted by Gasteiger charge is 2.15. The number of nitrogens with one attached hydrogen (secondary N) is 2. The van der Waals surface area contributed by atoms with Crippen LogP contribution in [-0.4, -0.2) is 21.8 Å². The number of benzene rings is 3. The van der Waals surface area contributed by atoms with E-state index in [0.29, 0.717) is 52.9 Å². The van der Waals surface area contributed by atoms with E-state index in [0.717, 1.165) is 11.1 Å². The first-order valence-electron chi connectivity index (χ1n) is 10.8. The molecule has 3 aromatic carbocycles. The van der Waals surface area contributed by atoms with Crippen molar-refractivity contribution < 1.29 is 9.59 Å². The molecular weight excluding hydrogens is 606 g/mol. The Hall–Kier alpha value is -2.98. The minimum atomic E-state index is -0.397. The summed E-state index contributed by atoms with van der Waals surface area (Å²) in [5.41, 5.74) is 3.47. The Morgan fingerprint density at radius 2 is 1.05 bits per heavy atom. The molecule has 0 aliphatic heterocycles. The predicted octanol–water partition coefficient (Wildman–Crippen LogP) is 9.05. The van der Waals surface area contributed by atoms with Crippen molar-refractivity contribution in [1.82, 2.24) is 9.97 Å². The topological polar surface area (TPSA) is 84.0 Å². The molecule has 0 spiro atoms. The fourth-order valence-electron chi connectivity index (χ4n) is 3.38. The van der Waals surface area contributed by atoms with Gasteiger partial charge >= 0.3 is 0 Å². The van der Waals surface area contributed by atoms with Crippen LogP contribution in [0, 0.1) is 0 Å². The van der Waals surface area contributed by atoms with Crippen molar-refractivity contribution in [2.75, 3.05) is 10.6 Å². The molecule has 38 heavy (non-hydrogen) atoms. The van der Waals surface area contributed by atoms with E-state index in [9.17, 15) is 9.59 Å². The lowest BCUT2D eigenvalue weighted by atomic mass is 10.1. The zero-order valence-electron chi connectivity index (χ0n) is 19.0. The molecule has 0 aliphatic rings. The molecule has 0 bridgehead atoms. The Morgan fingerprint density at radius 3 is 1.47 bits per heavy atom. The number of aromatic nitrogens is 2. The van der Waals surface area contributed by atoms with Crippen molar-refractivity contribution in [3.8, 4) is 22.5 Å². The number of nitrogens with zero attached hydrogens (tertiary/aromatic N) is 2. The lowest BCUT2D eigenvalue weighted by molar-refractivity contribution is 0.102. The highest BCUT2D eigenvalue weighted by molar-refractivity contribution is 7.14. The summed E-state index contributed by atoms with van der Waals surface area (Å²) >= 11 is 26.7. The van der Waals surface area contributed by atoms with E-state index < -0.39 is 11.8 Å². The molecule has 0 atom stereocenters. The van der Waals surface area contributed by atoms with Gasteiger partial charge in [-0.25, -0.2) is 9.97 Å². The predicted molar refractivity (Wildman–Crippen MR) is 157 cm³/mol. The van der Waals surface area contributed by atoms with Crippen molar-refractivity contribution in [1.29, 1.82) is 0 Å². The number of hydrogen-bond donors (Lipinski definition) is 2. The molecule has 0 saturated carbocycles. The summed E-state index contributed by atoms with van der Waals surface area (Å²) in [6.07, 6.45) is 0. The summed E-state index contributed by atoms with van der Waals surface area (Å²) in [5, 5.41) is 11.7. The molecule has 2 N–H and O–H groups in total. The van der Waals surface area contributed by atoms with Crippen LogP contribution in [0.1, 0.15) is 20.7 Å². The number of halogens is 4. The van der Waals surface area contributed by atoms with E-state index in [-0.39, 0.29) is 0 Å². The quantitative estimate of drug-likeness (QED) is 0.198. The summed E-state index contributed by atoms with van der Waals surface area (Å²) in [4.78, 5) is 34.6. The molecule has 190 valence electrons. The van der Waals surface area contributed by atoms with Crippen LogP contribution in [0.25, 0.3) is 22.5 Å². The Morgan fingerprint density at radius 1 is 0.605 bits per heavy atom. The molecular formula is C26H14Cl4N4O2S2. The fourth-order valence-corrected chi connectivity index (χ4v) is 5.40. The number of carbonyl (C=O) groups is 2. The first-order valence-corrected chi connectivity index (χ1v) is 14.1. The van der Waals surface area contributed by atoms with Gasteiger partial charge in [0.25, 0.3) is 11.8 Å². The van der Waals surface area contributed by atoms with Crippen molar-refractivity contribution in [2.24, 2.45) is 0 Å². The smallest absolute Gasteiger partial charge is 0.257 e. The standard InChI is InChI=1S/C26H14Cl4N4O2S2/c27-17-6-4-13(9-19(17)29)21-11-37-25(31-21)33-23(35)15-2-1-3-16(8-15)24(36)34-26-32-22(12-38-26)14-5-7-18(28)20(30)10-14/h1-12H,(H,31,33,35)(H,32,34,36). The Kier molecular flexibility index (Phi) is 7.99. The van der Waals surface area contributed by atoms with Crippen LogP contribution in [0.3, 0.4) is 0 Å². The zero-order valence-corrected chi connectivity index (χ0v) is 23.6. The molecule has 5 aromatic rings. The highest BCUT2D eigenvalue weighted by Crippen LogP contribution is 2.32. The molecule has 2 aromatic heterocycles. The fraction of sp³-hybridized carbons (Fsp3) is 0. The van der Waals surface area contributed by atoms with E-state index >= 15 is 0 Å². The molecule has 2 heterocycles. The number of thiazole rings is 2. The minimum absolute atomic E-state index is 0.305. The van der Waals surface area contributed by atoms with E-state index in [1.807, 2.05) is 0 Å². The van der Waals surface area contributed by atoms with Crippen molar-refractivity contribution in [2.45, 2.75) is 0 Å². The van der Waals surface area contributed by atoms with Crippen molar-refractivity contribution in [3.63, 3.8) is 0 Å². The second-order valence-electron chi connectivity index (χ2n) is 7.82. The molecule has 12 heteroatoms. The Bertz CT molecular complexity index is 1570. The van der Waals surface area contributed by atoms with Gasteiger partial charge < -0.3 is 0 Å². The average molecular weight is 620 g/mol. The van der Waals surface area contributed by atoms with Gasteiger partial charge in [-0.2, -0.15) is 0 Å². The van der Waals surface area contributed by atoms with Gasteiger partial charge in [-0.3, -0.25) is 20.2 Å². The van der Waals surface area contributed by atoms with E-state index in [2.05, 4.69) is 20.6 Å². The number of anilines is 2.